The van der Waals surface area contributed by atoms with E-state index in [0.29, 0.717) is 43.1 Å². The zero-order valence-corrected chi connectivity index (χ0v) is 16.9. The second-order valence-corrected chi connectivity index (χ2v) is 7.51. The van der Waals surface area contributed by atoms with Crippen LogP contribution in [-0.4, -0.2) is 59.7 Å². The second-order valence-electron chi connectivity index (χ2n) is 7.51. The number of alkyl halides is 3. The highest BCUT2D eigenvalue weighted by molar-refractivity contribution is 5.93. The fraction of sp³-hybridized carbons (Fsp3) is 0.318. The Kier molecular flexibility index (Phi) is 5.09. The van der Waals surface area contributed by atoms with Crippen molar-refractivity contribution in [2.75, 3.05) is 37.7 Å². The lowest BCUT2D eigenvalue weighted by atomic mass is 10.1. The van der Waals surface area contributed by atoms with Gasteiger partial charge in [0.15, 0.2) is 6.10 Å². The molecule has 1 aromatic heterocycles. The van der Waals surface area contributed by atoms with Crippen molar-refractivity contribution in [3.8, 4) is 5.75 Å². The molecule has 2 aromatic carbocycles. The number of ether oxygens (including phenoxy) is 2. The van der Waals surface area contributed by atoms with Crippen LogP contribution in [0, 0.1) is 0 Å². The molecular weight excluding hydrogens is 425 g/mol. The van der Waals surface area contributed by atoms with Gasteiger partial charge in [0.25, 0.3) is 5.91 Å². The number of fused-ring (bicyclic) bond motifs is 2. The number of aromatic nitrogens is 2. The van der Waals surface area contributed by atoms with E-state index in [0.717, 1.165) is 0 Å². The molecule has 1 saturated heterocycles. The Morgan fingerprint density at radius 1 is 1.00 bits per heavy atom. The van der Waals surface area contributed by atoms with Crippen molar-refractivity contribution in [3.05, 3.63) is 54.4 Å². The third kappa shape index (κ3) is 3.70. The minimum atomic E-state index is -4.71. The van der Waals surface area contributed by atoms with Gasteiger partial charge in [0.1, 0.15) is 11.6 Å². The summed E-state index contributed by atoms with van der Waals surface area (Å²) in [6, 6.07) is 13.4. The maximum Gasteiger partial charge on any atom is 0.451 e. The number of anilines is 2. The number of para-hydroxylation sites is 3. The Morgan fingerprint density at radius 2 is 1.72 bits per heavy atom. The van der Waals surface area contributed by atoms with Gasteiger partial charge in [-0.2, -0.15) is 13.2 Å². The number of hydrogen-bond donors (Lipinski definition) is 0. The molecule has 3 aromatic rings. The molecule has 2 aliphatic heterocycles. The summed E-state index contributed by atoms with van der Waals surface area (Å²) in [6.07, 6.45) is -5.61. The van der Waals surface area contributed by atoms with Crippen LogP contribution in [0.2, 0.25) is 0 Å². The Morgan fingerprint density at radius 3 is 2.50 bits per heavy atom. The Balaban J connectivity index is 1.62. The Labute approximate surface area is 181 Å². The molecule has 5 rings (SSSR count). The normalized spacial score (nSPS) is 18.9. The van der Waals surface area contributed by atoms with Gasteiger partial charge in [-0.3, -0.25) is 4.79 Å². The van der Waals surface area contributed by atoms with E-state index in [4.69, 9.17) is 9.47 Å². The van der Waals surface area contributed by atoms with Gasteiger partial charge in [0.2, 0.25) is 5.82 Å². The summed E-state index contributed by atoms with van der Waals surface area (Å²) in [7, 11) is 0. The van der Waals surface area contributed by atoms with Gasteiger partial charge >= 0.3 is 6.18 Å². The molecular formula is C22H19F3N4O3. The van der Waals surface area contributed by atoms with Gasteiger partial charge in [-0.05, 0) is 24.3 Å². The fourth-order valence-electron chi connectivity index (χ4n) is 3.94. The largest absolute Gasteiger partial charge is 0.476 e. The topological polar surface area (TPSA) is 67.8 Å². The first-order valence-corrected chi connectivity index (χ1v) is 10.2. The van der Waals surface area contributed by atoms with Crippen LogP contribution in [-0.2, 0) is 15.7 Å². The molecule has 1 amide bonds. The highest BCUT2D eigenvalue weighted by Crippen LogP contribution is 2.41. The molecule has 1 fully saturated rings. The van der Waals surface area contributed by atoms with Crippen molar-refractivity contribution in [2.45, 2.75) is 12.3 Å². The van der Waals surface area contributed by atoms with Crippen LogP contribution < -0.4 is 9.64 Å². The molecule has 0 N–H and O–H groups in total. The van der Waals surface area contributed by atoms with E-state index < -0.39 is 18.1 Å². The molecule has 166 valence electrons. The molecule has 3 heterocycles. The molecule has 1 atom stereocenters. The summed E-state index contributed by atoms with van der Waals surface area (Å²) in [6.45, 7) is 1.77. The molecule has 0 bridgehead atoms. The first kappa shape index (κ1) is 20.5. The first-order chi connectivity index (χ1) is 15.4. The molecule has 7 nitrogen and oxygen atoms in total. The van der Waals surface area contributed by atoms with Crippen molar-refractivity contribution in [1.29, 1.82) is 0 Å². The molecule has 0 aliphatic carbocycles. The number of benzene rings is 2. The average molecular weight is 444 g/mol. The summed E-state index contributed by atoms with van der Waals surface area (Å²) in [5.74, 6) is -0.978. The van der Waals surface area contributed by atoms with Crippen LogP contribution in [0.3, 0.4) is 0 Å². The van der Waals surface area contributed by atoms with Crippen LogP contribution in [0.15, 0.2) is 48.5 Å². The van der Waals surface area contributed by atoms with E-state index in [2.05, 4.69) is 9.97 Å². The summed E-state index contributed by atoms with van der Waals surface area (Å²) < 4.78 is 52.0. The number of carbonyl (C=O) groups excluding carboxylic acids is 1. The van der Waals surface area contributed by atoms with Gasteiger partial charge in [0, 0.05) is 18.5 Å². The maximum atomic E-state index is 13.6. The SMILES string of the molecule is O=C(C1CN(c2nc(C(F)(F)F)nc3ccccc23)c2ccccc2O1)N1CCOCC1. The minimum absolute atomic E-state index is 0.0194. The number of rotatable bonds is 2. The standard InChI is InChI=1S/C22H19F3N4O3/c23-22(24,25)21-26-15-6-2-1-5-14(15)19(27-21)29-13-18(20(30)28-9-11-31-12-10-28)32-17-8-4-3-7-16(17)29/h1-8,18H,9-13H2. The number of halogens is 3. The van der Waals surface area contributed by atoms with Crippen LogP contribution >= 0.6 is 0 Å². The minimum Gasteiger partial charge on any atom is -0.476 e. The lowest BCUT2D eigenvalue weighted by molar-refractivity contribution is -0.145. The Bertz CT molecular complexity index is 1160. The maximum absolute atomic E-state index is 13.6. The van der Waals surface area contributed by atoms with E-state index in [-0.39, 0.29) is 23.8 Å². The Hall–Kier alpha value is -3.40. The number of nitrogens with zero attached hydrogens (tertiary/aromatic N) is 4. The van der Waals surface area contributed by atoms with E-state index in [1.165, 1.54) is 6.07 Å². The lowest BCUT2D eigenvalue weighted by Crippen LogP contribution is -2.52. The zero-order valence-electron chi connectivity index (χ0n) is 16.9. The van der Waals surface area contributed by atoms with Gasteiger partial charge in [-0.25, -0.2) is 9.97 Å². The lowest BCUT2D eigenvalue weighted by Gasteiger charge is -2.38. The van der Waals surface area contributed by atoms with E-state index in [1.807, 2.05) is 0 Å². The molecule has 2 aliphatic rings. The number of amides is 1. The van der Waals surface area contributed by atoms with Crippen molar-refractivity contribution in [2.24, 2.45) is 0 Å². The van der Waals surface area contributed by atoms with E-state index in [9.17, 15) is 18.0 Å². The molecule has 0 spiro atoms. The van der Waals surface area contributed by atoms with Crippen LogP contribution in [0.25, 0.3) is 10.9 Å². The van der Waals surface area contributed by atoms with Crippen LogP contribution in [0.5, 0.6) is 5.75 Å². The summed E-state index contributed by atoms with van der Waals surface area (Å²) in [4.78, 5) is 24.0. The third-order valence-electron chi connectivity index (χ3n) is 5.46. The van der Waals surface area contributed by atoms with Crippen molar-refractivity contribution < 1.29 is 27.4 Å². The fourth-order valence-corrected chi connectivity index (χ4v) is 3.94. The molecule has 32 heavy (non-hydrogen) atoms. The van der Waals surface area contributed by atoms with E-state index >= 15 is 0 Å². The number of hydrogen-bond acceptors (Lipinski definition) is 6. The first-order valence-electron chi connectivity index (χ1n) is 10.2. The van der Waals surface area contributed by atoms with E-state index in [1.54, 1.807) is 52.3 Å². The van der Waals surface area contributed by atoms with Gasteiger partial charge in [-0.1, -0.05) is 24.3 Å². The highest BCUT2D eigenvalue weighted by atomic mass is 19.4. The quantitative estimate of drug-likeness (QED) is 0.604. The monoisotopic (exact) mass is 444 g/mol. The molecule has 1 unspecified atom stereocenters. The average Bonchev–Trinajstić information content (AvgIpc) is 2.82. The van der Waals surface area contributed by atoms with Crippen molar-refractivity contribution in [1.82, 2.24) is 14.9 Å². The second kappa shape index (κ2) is 7.94. The predicted molar refractivity (Wildman–Crippen MR) is 110 cm³/mol. The van der Waals surface area contributed by atoms with Crippen LogP contribution in [0.4, 0.5) is 24.7 Å². The van der Waals surface area contributed by atoms with Gasteiger partial charge in [-0.15, -0.1) is 0 Å². The van der Waals surface area contributed by atoms with Gasteiger partial charge < -0.3 is 19.3 Å². The number of carbonyl (C=O) groups is 1. The molecule has 10 heteroatoms. The van der Waals surface area contributed by atoms with Crippen LogP contribution in [0.1, 0.15) is 5.82 Å². The summed E-state index contributed by atoms with van der Waals surface area (Å²) in [5, 5.41) is 0.453. The molecule has 0 saturated carbocycles. The number of morpholine rings is 1. The zero-order chi connectivity index (χ0) is 22.3. The van der Waals surface area contributed by atoms with Gasteiger partial charge in [0.05, 0.1) is 31.0 Å². The molecule has 0 radical (unpaired) electrons. The van der Waals surface area contributed by atoms with Crippen molar-refractivity contribution >= 4 is 28.3 Å². The van der Waals surface area contributed by atoms with Crippen molar-refractivity contribution in [3.63, 3.8) is 0 Å². The highest BCUT2D eigenvalue weighted by Gasteiger charge is 2.39. The predicted octanol–water partition coefficient (Wildman–Crippen LogP) is 3.41. The summed E-state index contributed by atoms with van der Waals surface area (Å²) in [5.41, 5.74) is 0.709. The third-order valence-corrected chi connectivity index (χ3v) is 5.46. The summed E-state index contributed by atoms with van der Waals surface area (Å²) >= 11 is 0. The smallest absolute Gasteiger partial charge is 0.451 e.